The monoisotopic (exact) mass is 543 g/mol. The SMILES string of the molecule is CCCNC(=O)N1CCN(c2cc(C)c3nc(-c4c(NC(CO)Cc5ccccc5)cc[nH]c4=O)[nH]c3c2)CC1. The number of aliphatic hydroxyl groups is 1. The molecule has 10 heteroatoms. The molecule has 1 fully saturated rings. The van der Waals surface area contributed by atoms with E-state index in [2.05, 4.69) is 37.6 Å². The van der Waals surface area contributed by atoms with Gasteiger partial charge in [-0.3, -0.25) is 4.79 Å². The van der Waals surface area contributed by atoms with Gasteiger partial charge in [-0.1, -0.05) is 37.3 Å². The minimum Gasteiger partial charge on any atom is -0.394 e. The molecule has 0 saturated carbocycles. The number of piperazine rings is 1. The molecule has 1 aliphatic heterocycles. The number of anilines is 2. The average molecular weight is 544 g/mol. The van der Waals surface area contributed by atoms with E-state index in [-0.39, 0.29) is 24.2 Å². The first kappa shape index (κ1) is 27.3. The Morgan fingerprint density at radius 2 is 1.90 bits per heavy atom. The van der Waals surface area contributed by atoms with Crippen LogP contribution in [0.25, 0.3) is 22.4 Å². The number of rotatable bonds is 9. The van der Waals surface area contributed by atoms with Crippen LogP contribution in [0.2, 0.25) is 0 Å². The molecule has 5 rings (SSSR count). The largest absolute Gasteiger partial charge is 0.394 e. The van der Waals surface area contributed by atoms with E-state index in [0.29, 0.717) is 43.1 Å². The van der Waals surface area contributed by atoms with E-state index in [9.17, 15) is 14.7 Å². The van der Waals surface area contributed by atoms with E-state index < -0.39 is 0 Å². The summed E-state index contributed by atoms with van der Waals surface area (Å²) >= 11 is 0. The molecule has 210 valence electrons. The number of aromatic amines is 2. The molecule has 0 aliphatic carbocycles. The number of hydrogen-bond acceptors (Lipinski definition) is 6. The van der Waals surface area contributed by atoms with Crippen LogP contribution >= 0.6 is 0 Å². The summed E-state index contributed by atoms with van der Waals surface area (Å²) in [5.74, 6) is 0.466. The van der Waals surface area contributed by atoms with Gasteiger partial charge in [-0.05, 0) is 49.1 Å². The Labute approximate surface area is 233 Å². The van der Waals surface area contributed by atoms with Crippen molar-refractivity contribution >= 4 is 28.4 Å². The normalized spacial score (nSPS) is 14.4. The predicted molar refractivity (Wildman–Crippen MR) is 159 cm³/mol. The van der Waals surface area contributed by atoms with E-state index in [1.807, 2.05) is 49.1 Å². The highest BCUT2D eigenvalue weighted by atomic mass is 16.3. The maximum atomic E-state index is 13.0. The number of fused-ring (bicyclic) bond motifs is 1. The standard InChI is InChI=1S/C30H37N7O3/c1-3-10-32-30(40)37-14-12-36(13-15-37)23-16-20(2)27-25(18-23)34-28(35-27)26-24(9-11-31-29(26)39)33-22(19-38)17-21-7-5-4-6-8-21/h4-9,11,16,18,22,38H,3,10,12-15,17,19H2,1-2H3,(H,32,40)(H,34,35)(H2,31,33,39). The quantitative estimate of drug-likeness (QED) is 0.220. The van der Waals surface area contributed by atoms with Gasteiger partial charge in [-0.2, -0.15) is 0 Å². The number of nitrogens with zero attached hydrogens (tertiary/aromatic N) is 3. The molecule has 1 atom stereocenters. The van der Waals surface area contributed by atoms with Gasteiger partial charge in [0.15, 0.2) is 0 Å². The summed E-state index contributed by atoms with van der Waals surface area (Å²) in [7, 11) is 0. The highest BCUT2D eigenvalue weighted by molar-refractivity contribution is 5.87. The first-order valence-corrected chi connectivity index (χ1v) is 13.9. The minimum atomic E-state index is -0.275. The van der Waals surface area contributed by atoms with Gasteiger partial charge < -0.3 is 35.5 Å². The summed E-state index contributed by atoms with van der Waals surface area (Å²) in [5, 5.41) is 16.4. The molecular formula is C30H37N7O3. The maximum absolute atomic E-state index is 13.0. The van der Waals surface area contributed by atoms with Crippen LogP contribution in [-0.2, 0) is 6.42 Å². The number of aliphatic hydroxyl groups excluding tert-OH is 1. The van der Waals surface area contributed by atoms with E-state index in [0.717, 1.165) is 47.4 Å². The average Bonchev–Trinajstić information content (AvgIpc) is 3.40. The lowest BCUT2D eigenvalue weighted by Gasteiger charge is -2.36. The molecule has 1 saturated heterocycles. The van der Waals surface area contributed by atoms with Gasteiger partial charge in [-0.25, -0.2) is 9.78 Å². The minimum absolute atomic E-state index is 0.00366. The summed E-state index contributed by atoms with van der Waals surface area (Å²) < 4.78 is 0. The van der Waals surface area contributed by atoms with Gasteiger partial charge in [-0.15, -0.1) is 0 Å². The summed E-state index contributed by atoms with van der Waals surface area (Å²) in [6.07, 6.45) is 3.12. The van der Waals surface area contributed by atoms with Crippen LogP contribution in [-0.4, -0.2) is 76.4 Å². The Bertz CT molecular complexity index is 1510. The molecule has 2 aromatic heterocycles. The summed E-state index contributed by atoms with van der Waals surface area (Å²) in [6, 6.07) is 15.6. The van der Waals surface area contributed by atoms with Gasteiger partial charge in [0.2, 0.25) is 0 Å². The number of amides is 2. The molecule has 0 spiro atoms. The number of hydrogen-bond donors (Lipinski definition) is 5. The van der Waals surface area contributed by atoms with Crippen molar-refractivity contribution in [2.45, 2.75) is 32.7 Å². The number of carbonyl (C=O) groups excluding carboxylic acids is 1. The Balaban J connectivity index is 1.38. The molecule has 0 radical (unpaired) electrons. The zero-order chi connectivity index (χ0) is 28.1. The van der Waals surface area contributed by atoms with Crippen molar-refractivity contribution in [3.63, 3.8) is 0 Å². The molecule has 2 aromatic carbocycles. The number of aromatic nitrogens is 3. The summed E-state index contributed by atoms with van der Waals surface area (Å²) in [6.45, 7) is 7.45. The number of aryl methyl sites for hydroxylation is 1. The number of benzene rings is 2. The smallest absolute Gasteiger partial charge is 0.317 e. The second-order valence-electron chi connectivity index (χ2n) is 10.3. The van der Waals surface area contributed by atoms with Crippen molar-refractivity contribution in [3.8, 4) is 11.4 Å². The summed E-state index contributed by atoms with van der Waals surface area (Å²) in [5.41, 5.74) is 5.52. The van der Waals surface area contributed by atoms with Crippen LogP contribution in [0.5, 0.6) is 0 Å². The van der Waals surface area contributed by atoms with Crippen molar-refractivity contribution < 1.29 is 9.90 Å². The van der Waals surface area contributed by atoms with Crippen LogP contribution in [0.1, 0.15) is 24.5 Å². The van der Waals surface area contributed by atoms with E-state index in [4.69, 9.17) is 4.98 Å². The third kappa shape index (κ3) is 5.96. The first-order chi connectivity index (χ1) is 19.5. The van der Waals surface area contributed by atoms with Gasteiger partial charge in [0, 0.05) is 44.6 Å². The Morgan fingerprint density at radius 3 is 2.62 bits per heavy atom. The number of carbonyl (C=O) groups is 1. The van der Waals surface area contributed by atoms with Crippen LogP contribution in [0.3, 0.4) is 0 Å². The highest BCUT2D eigenvalue weighted by Crippen LogP contribution is 2.30. The molecule has 4 aromatic rings. The zero-order valence-corrected chi connectivity index (χ0v) is 23.0. The van der Waals surface area contributed by atoms with Gasteiger partial charge in [0.1, 0.15) is 11.4 Å². The predicted octanol–water partition coefficient (Wildman–Crippen LogP) is 3.48. The lowest BCUT2D eigenvalue weighted by atomic mass is 10.1. The van der Waals surface area contributed by atoms with E-state index >= 15 is 0 Å². The van der Waals surface area contributed by atoms with E-state index in [1.54, 1.807) is 12.3 Å². The summed E-state index contributed by atoms with van der Waals surface area (Å²) in [4.78, 5) is 40.4. The molecule has 1 unspecified atom stereocenters. The highest BCUT2D eigenvalue weighted by Gasteiger charge is 2.23. The van der Waals surface area contributed by atoms with Crippen molar-refractivity contribution in [3.05, 3.63) is 76.2 Å². The number of H-pyrrole nitrogens is 2. The van der Waals surface area contributed by atoms with Gasteiger partial charge in [0.05, 0.1) is 29.4 Å². The molecule has 10 nitrogen and oxygen atoms in total. The molecule has 40 heavy (non-hydrogen) atoms. The molecule has 3 heterocycles. The molecule has 2 amide bonds. The van der Waals surface area contributed by atoms with E-state index in [1.165, 1.54) is 0 Å². The fourth-order valence-electron chi connectivity index (χ4n) is 5.20. The molecule has 1 aliphatic rings. The van der Waals surface area contributed by atoms with Crippen molar-refractivity contribution in [2.24, 2.45) is 0 Å². The zero-order valence-electron chi connectivity index (χ0n) is 23.0. The van der Waals surface area contributed by atoms with Crippen LogP contribution in [0.15, 0.2) is 59.5 Å². The third-order valence-corrected chi connectivity index (χ3v) is 7.32. The first-order valence-electron chi connectivity index (χ1n) is 13.9. The molecular weight excluding hydrogens is 506 g/mol. The third-order valence-electron chi connectivity index (χ3n) is 7.32. The lowest BCUT2D eigenvalue weighted by molar-refractivity contribution is 0.194. The second-order valence-corrected chi connectivity index (χ2v) is 10.3. The Hall–Kier alpha value is -4.31. The maximum Gasteiger partial charge on any atom is 0.317 e. The lowest BCUT2D eigenvalue weighted by Crippen LogP contribution is -2.52. The van der Waals surface area contributed by atoms with Crippen LogP contribution in [0.4, 0.5) is 16.2 Å². The fraction of sp³-hybridized carbons (Fsp3) is 0.367. The van der Waals surface area contributed by atoms with Crippen molar-refractivity contribution in [1.82, 2.24) is 25.2 Å². The Morgan fingerprint density at radius 1 is 1.12 bits per heavy atom. The topological polar surface area (TPSA) is 129 Å². The number of nitrogens with one attached hydrogen (secondary N) is 4. The molecule has 0 bridgehead atoms. The van der Waals surface area contributed by atoms with Crippen molar-refractivity contribution in [2.75, 3.05) is 49.5 Å². The van der Waals surface area contributed by atoms with Crippen LogP contribution in [0, 0.1) is 6.92 Å². The molecule has 5 N–H and O–H groups in total. The Kier molecular flexibility index (Phi) is 8.35. The fourth-order valence-corrected chi connectivity index (χ4v) is 5.20. The van der Waals surface area contributed by atoms with Gasteiger partial charge in [0.25, 0.3) is 5.56 Å². The number of pyridine rings is 1. The number of imidazole rings is 1. The number of urea groups is 1. The second kappa shape index (κ2) is 12.3. The van der Waals surface area contributed by atoms with Crippen LogP contribution < -0.4 is 21.1 Å². The van der Waals surface area contributed by atoms with Crippen molar-refractivity contribution in [1.29, 1.82) is 0 Å². The van der Waals surface area contributed by atoms with Gasteiger partial charge >= 0.3 is 6.03 Å².